The molecule has 0 aliphatic rings. The molecule has 0 aliphatic carbocycles. The third-order valence-electron chi connectivity index (χ3n) is 13.0. The summed E-state index contributed by atoms with van der Waals surface area (Å²) in [4.78, 5) is 12.5. The maximum Gasteiger partial charge on any atom is 0.220 e. The SMILES string of the molecule is CC/C=C\C/C=C\C/C=C\C/C=C\C/C=C\C/C=C\CCCCCCCCCCCCCCCCCCCCCCC(=O)NC(CO)C(O)/C=C/CC/C=C/CC/C=C/CCCCCCCCCC. The van der Waals surface area contributed by atoms with Crippen LogP contribution in [0.5, 0.6) is 0 Å². The van der Waals surface area contributed by atoms with Crippen LogP contribution >= 0.6 is 0 Å². The minimum absolute atomic E-state index is 0.0778. The second-order valence-corrected chi connectivity index (χ2v) is 19.7. The maximum absolute atomic E-state index is 12.5. The molecule has 0 fully saturated rings. The highest BCUT2D eigenvalue weighted by atomic mass is 16.3. The van der Waals surface area contributed by atoms with Crippen LogP contribution in [-0.4, -0.2) is 34.9 Å². The van der Waals surface area contributed by atoms with Gasteiger partial charge in [0, 0.05) is 6.42 Å². The molecular weight excluding hydrogens is 843 g/mol. The number of amides is 1. The first-order chi connectivity index (χ1) is 34.2. The Morgan fingerprint density at radius 3 is 1.01 bits per heavy atom. The Morgan fingerprint density at radius 1 is 0.362 bits per heavy atom. The first kappa shape index (κ1) is 66.0. The molecule has 0 aromatic carbocycles. The van der Waals surface area contributed by atoms with Gasteiger partial charge in [0.25, 0.3) is 0 Å². The van der Waals surface area contributed by atoms with Crippen LogP contribution in [0.4, 0.5) is 0 Å². The Kier molecular flexibility index (Phi) is 56.8. The van der Waals surface area contributed by atoms with E-state index in [1.807, 2.05) is 6.08 Å². The molecule has 0 bridgehead atoms. The number of unbranched alkanes of at least 4 members (excludes halogenated alkanes) is 30. The van der Waals surface area contributed by atoms with Gasteiger partial charge in [-0.1, -0.05) is 284 Å². The summed E-state index contributed by atoms with van der Waals surface area (Å²) in [6, 6.07) is -0.650. The maximum atomic E-state index is 12.5. The summed E-state index contributed by atoms with van der Waals surface area (Å²) < 4.78 is 0. The lowest BCUT2D eigenvalue weighted by Gasteiger charge is -2.19. The molecule has 1 amide bonds. The summed E-state index contributed by atoms with van der Waals surface area (Å²) in [5, 5.41) is 23.1. The lowest BCUT2D eigenvalue weighted by Crippen LogP contribution is -2.45. The van der Waals surface area contributed by atoms with E-state index in [1.54, 1.807) is 6.08 Å². The van der Waals surface area contributed by atoms with Crippen LogP contribution in [0.2, 0.25) is 0 Å². The molecule has 0 aromatic heterocycles. The van der Waals surface area contributed by atoms with Gasteiger partial charge < -0.3 is 15.5 Å². The summed E-state index contributed by atoms with van der Waals surface area (Å²) in [5.41, 5.74) is 0. The van der Waals surface area contributed by atoms with Crippen molar-refractivity contribution in [3.8, 4) is 0 Å². The highest BCUT2D eigenvalue weighted by Crippen LogP contribution is 2.16. The number of hydrogen-bond donors (Lipinski definition) is 3. The number of carbonyl (C=O) groups is 1. The van der Waals surface area contributed by atoms with Crippen molar-refractivity contribution in [2.75, 3.05) is 6.61 Å². The number of aliphatic hydroxyl groups is 2. The molecule has 69 heavy (non-hydrogen) atoms. The second kappa shape index (κ2) is 59.4. The average Bonchev–Trinajstić information content (AvgIpc) is 3.35. The van der Waals surface area contributed by atoms with Gasteiger partial charge in [-0.25, -0.2) is 0 Å². The number of aliphatic hydroxyl groups excluding tert-OH is 2. The molecule has 2 unspecified atom stereocenters. The molecule has 0 aromatic rings. The van der Waals surface area contributed by atoms with Crippen LogP contribution in [0, 0.1) is 0 Å². The van der Waals surface area contributed by atoms with Crippen molar-refractivity contribution in [2.24, 2.45) is 0 Å². The van der Waals surface area contributed by atoms with Crippen LogP contribution in [0.25, 0.3) is 0 Å². The smallest absolute Gasteiger partial charge is 0.220 e. The third-order valence-corrected chi connectivity index (χ3v) is 13.0. The van der Waals surface area contributed by atoms with Gasteiger partial charge in [-0.3, -0.25) is 4.79 Å². The molecule has 0 saturated heterocycles. The highest BCUT2D eigenvalue weighted by Gasteiger charge is 2.18. The summed E-state index contributed by atoms with van der Waals surface area (Å²) in [7, 11) is 0. The molecule has 0 saturated carbocycles. The molecule has 0 rings (SSSR count). The molecule has 2 atom stereocenters. The van der Waals surface area contributed by atoms with Crippen molar-refractivity contribution in [2.45, 2.75) is 289 Å². The van der Waals surface area contributed by atoms with E-state index in [1.165, 1.54) is 180 Å². The predicted octanol–water partition coefficient (Wildman–Crippen LogP) is 19.9. The number of allylic oxidation sites excluding steroid dienone is 17. The van der Waals surface area contributed by atoms with E-state index in [9.17, 15) is 15.0 Å². The standard InChI is InChI=1S/C65H113NO3/c1-3-5-7-9-11-13-15-17-19-21-23-24-25-26-27-28-29-30-31-32-33-34-35-36-37-38-39-40-41-42-43-45-47-49-51-53-55-57-59-61-65(69)66-63(62-67)64(68)60-58-56-54-52-50-48-46-44-22-20-18-16-14-12-10-8-6-4-2/h5,7,11,13,17,19,22-24,26-27,29-30,44,50,52,58,60,63-64,67-68H,3-4,6,8-10,12,14-16,18,20-21,25,28,31-43,45-49,51,53-57,59,61-62H2,1-2H3,(H,66,69)/b7-5-,13-11-,19-17-,24-23-,27-26-,30-29-,44-22+,52-50+,60-58+. The average molecular weight is 957 g/mol. The van der Waals surface area contributed by atoms with E-state index < -0.39 is 12.1 Å². The Morgan fingerprint density at radius 2 is 0.652 bits per heavy atom. The summed E-state index contributed by atoms with van der Waals surface area (Å²) in [6.07, 6.45) is 89.8. The third kappa shape index (κ3) is 55.8. The van der Waals surface area contributed by atoms with E-state index in [0.717, 1.165) is 77.0 Å². The zero-order valence-electron chi connectivity index (χ0n) is 45.5. The monoisotopic (exact) mass is 956 g/mol. The molecule has 396 valence electrons. The van der Waals surface area contributed by atoms with Gasteiger partial charge in [-0.05, 0) is 96.3 Å². The Bertz CT molecular complexity index is 1310. The van der Waals surface area contributed by atoms with Crippen molar-refractivity contribution in [3.05, 3.63) is 109 Å². The second-order valence-electron chi connectivity index (χ2n) is 19.7. The Hall–Kier alpha value is -2.95. The van der Waals surface area contributed by atoms with Crippen molar-refractivity contribution in [1.82, 2.24) is 5.32 Å². The van der Waals surface area contributed by atoms with Gasteiger partial charge >= 0.3 is 0 Å². The number of nitrogens with one attached hydrogen (secondary N) is 1. The molecule has 4 nitrogen and oxygen atoms in total. The Labute approximate surface area is 429 Å². The summed E-state index contributed by atoms with van der Waals surface area (Å²) in [6.45, 7) is 4.18. The molecule has 0 aliphatic heterocycles. The van der Waals surface area contributed by atoms with Crippen LogP contribution in [0.15, 0.2) is 109 Å². The van der Waals surface area contributed by atoms with E-state index in [-0.39, 0.29) is 12.5 Å². The number of rotatable bonds is 53. The normalized spacial score (nSPS) is 13.6. The van der Waals surface area contributed by atoms with Gasteiger partial charge in [0.05, 0.1) is 18.8 Å². The van der Waals surface area contributed by atoms with Gasteiger partial charge in [-0.2, -0.15) is 0 Å². The highest BCUT2D eigenvalue weighted by molar-refractivity contribution is 5.76. The van der Waals surface area contributed by atoms with Gasteiger partial charge in [-0.15, -0.1) is 0 Å². The number of hydrogen-bond acceptors (Lipinski definition) is 3. The molecular formula is C65H113NO3. The quantitative estimate of drug-likeness (QED) is 0.0420. The lowest BCUT2D eigenvalue weighted by atomic mass is 10.0. The fraction of sp³-hybridized carbons (Fsp3) is 0.708. The van der Waals surface area contributed by atoms with Crippen LogP contribution < -0.4 is 5.32 Å². The lowest BCUT2D eigenvalue weighted by molar-refractivity contribution is -0.123. The van der Waals surface area contributed by atoms with E-state index in [0.29, 0.717) is 6.42 Å². The van der Waals surface area contributed by atoms with E-state index in [2.05, 4.69) is 116 Å². The topological polar surface area (TPSA) is 69.6 Å². The summed E-state index contributed by atoms with van der Waals surface area (Å²) >= 11 is 0. The predicted molar refractivity (Wildman–Crippen MR) is 308 cm³/mol. The fourth-order valence-corrected chi connectivity index (χ4v) is 8.51. The van der Waals surface area contributed by atoms with Crippen LogP contribution in [0.1, 0.15) is 277 Å². The minimum Gasteiger partial charge on any atom is -0.394 e. The summed E-state index contributed by atoms with van der Waals surface area (Å²) in [5.74, 6) is -0.0778. The van der Waals surface area contributed by atoms with Gasteiger partial charge in [0.15, 0.2) is 0 Å². The van der Waals surface area contributed by atoms with E-state index >= 15 is 0 Å². The van der Waals surface area contributed by atoms with Crippen molar-refractivity contribution >= 4 is 5.91 Å². The molecule has 4 heteroatoms. The molecule has 0 spiro atoms. The van der Waals surface area contributed by atoms with Crippen molar-refractivity contribution in [3.63, 3.8) is 0 Å². The van der Waals surface area contributed by atoms with Crippen LogP contribution in [0.3, 0.4) is 0 Å². The van der Waals surface area contributed by atoms with Crippen molar-refractivity contribution < 1.29 is 15.0 Å². The van der Waals surface area contributed by atoms with Gasteiger partial charge in [0.2, 0.25) is 5.91 Å². The molecule has 0 radical (unpaired) electrons. The molecule has 3 N–H and O–H groups in total. The fourth-order valence-electron chi connectivity index (χ4n) is 8.51. The molecule has 0 heterocycles. The first-order valence-electron chi connectivity index (χ1n) is 29.6. The van der Waals surface area contributed by atoms with E-state index in [4.69, 9.17) is 0 Å². The van der Waals surface area contributed by atoms with Gasteiger partial charge in [0.1, 0.15) is 0 Å². The first-order valence-corrected chi connectivity index (χ1v) is 29.6. The van der Waals surface area contributed by atoms with Crippen molar-refractivity contribution in [1.29, 1.82) is 0 Å². The zero-order valence-corrected chi connectivity index (χ0v) is 45.5. The Balaban J connectivity index is 3.51. The largest absolute Gasteiger partial charge is 0.394 e. The minimum atomic E-state index is -0.874. The van der Waals surface area contributed by atoms with Crippen LogP contribution in [-0.2, 0) is 4.79 Å². The number of carbonyl (C=O) groups excluding carboxylic acids is 1. The zero-order chi connectivity index (χ0) is 49.9.